The van der Waals surface area contributed by atoms with Crippen molar-refractivity contribution in [1.82, 2.24) is 9.97 Å². The van der Waals surface area contributed by atoms with E-state index in [4.69, 9.17) is 16.0 Å². The van der Waals surface area contributed by atoms with Crippen LogP contribution in [0.25, 0.3) is 22.0 Å². The fourth-order valence-corrected chi connectivity index (χ4v) is 2.85. The van der Waals surface area contributed by atoms with E-state index in [1.165, 1.54) is 0 Å². The molecule has 0 aliphatic rings. The normalized spacial score (nSPS) is 11.0. The van der Waals surface area contributed by atoms with Gasteiger partial charge in [-0.05, 0) is 24.3 Å². The topological polar surface area (TPSA) is 80.0 Å². The van der Waals surface area contributed by atoms with Crippen molar-refractivity contribution < 1.29 is 9.21 Å². The van der Waals surface area contributed by atoms with Crippen molar-refractivity contribution in [3.63, 3.8) is 0 Å². The van der Waals surface area contributed by atoms with Gasteiger partial charge in [0.1, 0.15) is 10.7 Å². The first-order valence-electron chi connectivity index (χ1n) is 7.59. The van der Waals surface area contributed by atoms with Crippen LogP contribution in [-0.4, -0.2) is 16.0 Å². The van der Waals surface area contributed by atoms with Crippen molar-refractivity contribution in [2.45, 2.75) is 6.92 Å². The smallest absolute Gasteiger partial charge is 0.323 e. The number of halogens is 1. The van der Waals surface area contributed by atoms with Crippen LogP contribution in [0, 0.1) is 6.92 Å². The van der Waals surface area contributed by atoms with Gasteiger partial charge in [0, 0.05) is 24.1 Å². The highest BCUT2D eigenvalue weighted by molar-refractivity contribution is 6.30. The quantitative estimate of drug-likeness (QED) is 0.498. The maximum Gasteiger partial charge on any atom is 0.323 e. The van der Waals surface area contributed by atoms with Crippen LogP contribution in [0.3, 0.4) is 0 Å². The van der Waals surface area contributed by atoms with Crippen LogP contribution >= 0.6 is 11.6 Å². The molecule has 2 aromatic carbocycles. The first kappa shape index (κ1) is 15.4. The van der Waals surface area contributed by atoms with Gasteiger partial charge in [-0.2, -0.15) is 0 Å². The maximum absolute atomic E-state index is 12.3. The number of aryl methyl sites for hydroxylation is 1. The molecule has 0 fully saturated rings. The predicted octanol–water partition coefficient (Wildman–Crippen LogP) is 4.98. The average molecular weight is 353 g/mol. The lowest BCUT2D eigenvalue weighted by Crippen LogP contribution is -2.19. The lowest BCUT2D eigenvalue weighted by atomic mass is 10.2. The van der Waals surface area contributed by atoms with Gasteiger partial charge >= 0.3 is 6.03 Å². The number of nitrogens with zero attached hydrogens (tertiary/aromatic N) is 2. The van der Waals surface area contributed by atoms with Crippen molar-refractivity contribution in [3.05, 3.63) is 59.6 Å². The minimum atomic E-state index is -0.386. The molecule has 0 aliphatic heterocycles. The molecule has 0 spiro atoms. The van der Waals surface area contributed by atoms with Crippen LogP contribution in [-0.2, 0) is 0 Å². The Morgan fingerprint density at radius 3 is 2.76 bits per heavy atom. The van der Waals surface area contributed by atoms with E-state index in [0.29, 0.717) is 33.5 Å². The molecule has 4 aromatic rings. The molecule has 7 heteroatoms. The van der Waals surface area contributed by atoms with Gasteiger partial charge in [-0.3, -0.25) is 0 Å². The summed E-state index contributed by atoms with van der Waals surface area (Å²) in [5, 5.41) is 6.70. The van der Waals surface area contributed by atoms with E-state index in [2.05, 4.69) is 20.6 Å². The first-order chi connectivity index (χ1) is 12.1. The Hall–Kier alpha value is -3.12. The number of amides is 2. The first-order valence-corrected chi connectivity index (χ1v) is 7.97. The number of benzene rings is 2. The Morgan fingerprint density at radius 1 is 1.04 bits per heavy atom. The molecule has 124 valence electrons. The second kappa shape index (κ2) is 6.07. The second-order valence-corrected chi connectivity index (χ2v) is 5.89. The molecule has 0 bridgehead atoms. The molecule has 0 saturated heterocycles. The number of urea groups is 1. The summed E-state index contributed by atoms with van der Waals surface area (Å²) in [4.78, 5) is 20.8. The van der Waals surface area contributed by atoms with E-state index in [-0.39, 0.29) is 6.03 Å². The molecule has 0 saturated carbocycles. The second-order valence-electron chi connectivity index (χ2n) is 5.50. The maximum atomic E-state index is 12.3. The van der Waals surface area contributed by atoms with Crippen LogP contribution in [0.2, 0.25) is 5.15 Å². The summed E-state index contributed by atoms with van der Waals surface area (Å²) in [6, 6.07) is 14.0. The number of nitrogens with one attached hydrogen (secondary N) is 2. The third kappa shape index (κ3) is 3.12. The van der Waals surface area contributed by atoms with Gasteiger partial charge in [0.05, 0.1) is 11.2 Å². The van der Waals surface area contributed by atoms with Gasteiger partial charge in [-0.1, -0.05) is 29.8 Å². The van der Waals surface area contributed by atoms with E-state index >= 15 is 0 Å². The fraction of sp³-hybridized carbons (Fsp3) is 0.0556. The highest BCUT2D eigenvalue weighted by Gasteiger charge is 2.10. The van der Waals surface area contributed by atoms with E-state index < -0.39 is 0 Å². The van der Waals surface area contributed by atoms with E-state index in [0.717, 1.165) is 10.9 Å². The van der Waals surface area contributed by atoms with E-state index in [9.17, 15) is 4.79 Å². The van der Waals surface area contributed by atoms with Gasteiger partial charge in [0.25, 0.3) is 0 Å². The molecule has 25 heavy (non-hydrogen) atoms. The Kier molecular flexibility index (Phi) is 3.74. The van der Waals surface area contributed by atoms with Crippen molar-refractivity contribution in [2.24, 2.45) is 0 Å². The number of hydrogen-bond donors (Lipinski definition) is 2. The molecule has 4 rings (SSSR count). The van der Waals surface area contributed by atoms with Crippen molar-refractivity contribution in [3.8, 4) is 0 Å². The van der Waals surface area contributed by atoms with Crippen LogP contribution in [0.1, 0.15) is 5.89 Å². The molecule has 2 aromatic heterocycles. The van der Waals surface area contributed by atoms with Crippen LogP contribution in [0.15, 0.2) is 52.9 Å². The number of anilines is 2. The number of aromatic nitrogens is 2. The largest absolute Gasteiger partial charge is 0.441 e. The summed E-state index contributed by atoms with van der Waals surface area (Å²) in [5.41, 5.74) is 3.27. The number of pyridine rings is 1. The standard InChI is InChI=1S/C18H13ClN4O2/c1-10-20-14-7-6-11(8-16(14)25-10)21-18(24)23-15-9-17(19)22-13-5-3-2-4-12(13)15/h2-9H,1H3,(H2,21,22,23,24). The molecule has 6 nitrogen and oxygen atoms in total. The highest BCUT2D eigenvalue weighted by Crippen LogP contribution is 2.26. The van der Waals surface area contributed by atoms with Gasteiger partial charge in [-0.25, -0.2) is 14.8 Å². The molecule has 2 N–H and O–H groups in total. The summed E-state index contributed by atoms with van der Waals surface area (Å²) >= 11 is 6.03. The Morgan fingerprint density at radius 2 is 1.88 bits per heavy atom. The summed E-state index contributed by atoms with van der Waals surface area (Å²) in [6.45, 7) is 1.78. The minimum Gasteiger partial charge on any atom is -0.441 e. The third-order valence-electron chi connectivity index (χ3n) is 3.69. The van der Waals surface area contributed by atoms with Crippen LogP contribution in [0.4, 0.5) is 16.2 Å². The SMILES string of the molecule is Cc1nc2ccc(NC(=O)Nc3cc(Cl)nc4ccccc34)cc2o1. The Labute approximate surface area is 147 Å². The Bertz CT molecular complexity index is 1110. The van der Waals surface area contributed by atoms with Crippen molar-refractivity contribution >= 4 is 51.0 Å². The molecule has 0 unspecified atom stereocenters. The zero-order chi connectivity index (χ0) is 17.4. The number of carbonyl (C=O) groups excluding carboxylic acids is 1. The van der Waals surface area contributed by atoms with Gasteiger partial charge < -0.3 is 15.1 Å². The number of rotatable bonds is 2. The van der Waals surface area contributed by atoms with Gasteiger partial charge in [0.15, 0.2) is 11.5 Å². The number of hydrogen-bond acceptors (Lipinski definition) is 4. The third-order valence-corrected chi connectivity index (χ3v) is 3.88. The lowest BCUT2D eigenvalue weighted by Gasteiger charge is -2.10. The Balaban J connectivity index is 1.59. The van der Waals surface area contributed by atoms with Crippen molar-refractivity contribution in [1.29, 1.82) is 0 Å². The molecular weight excluding hydrogens is 340 g/mol. The zero-order valence-corrected chi connectivity index (χ0v) is 14.0. The van der Waals surface area contributed by atoms with Crippen LogP contribution < -0.4 is 10.6 Å². The van der Waals surface area contributed by atoms with Crippen LogP contribution in [0.5, 0.6) is 0 Å². The number of oxazole rings is 1. The molecule has 0 atom stereocenters. The van der Waals surface area contributed by atoms with Gasteiger partial charge in [-0.15, -0.1) is 0 Å². The molecule has 0 aliphatic carbocycles. The summed E-state index contributed by atoms with van der Waals surface area (Å²) in [5.74, 6) is 0.578. The van der Waals surface area contributed by atoms with E-state index in [1.807, 2.05) is 24.3 Å². The molecule has 2 heterocycles. The molecule has 0 radical (unpaired) electrons. The molecule has 2 amide bonds. The van der Waals surface area contributed by atoms with Gasteiger partial charge in [0.2, 0.25) is 0 Å². The number of carbonyl (C=O) groups is 1. The number of fused-ring (bicyclic) bond motifs is 2. The highest BCUT2D eigenvalue weighted by atomic mass is 35.5. The van der Waals surface area contributed by atoms with Crippen molar-refractivity contribution in [2.75, 3.05) is 10.6 Å². The monoisotopic (exact) mass is 352 g/mol. The summed E-state index contributed by atoms with van der Waals surface area (Å²) in [6.07, 6.45) is 0. The lowest BCUT2D eigenvalue weighted by molar-refractivity contribution is 0.262. The summed E-state index contributed by atoms with van der Waals surface area (Å²) < 4.78 is 5.47. The zero-order valence-electron chi connectivity index (χ0n) is 13.2. The minimum absolute atomic E-state index is 0.313. The van der Waals surface area contributed by atoms with E-state index in [1.54, 1.807) is 31.2 Å². The fourth-order valence-electron chi connectivity index (χ4n) is 2.65. The number of para-hydroxylation sites is 1. The predicted molar refractivity (Wildman–Crippen MR) is 98.1 cm³/mol. The summed E-state index contributed by atoms with van der Waals surface area (Å²) in [7, 11) is 0. The average Bonchev–Trinajstić information content (AvgIpc) is 2.94. The molecular formula is C18H13ClN4O2.